The molecule has 0 saturated carbocycles. The highest BCUT2D eigenvalue weighted by atomic mass is 35.5. The first-order valence-electron chi connectivity index (χ1n) is 7.43. The van der Waals surface area contributed by atoms with Crippen molar-refractivity contribution in [1.82, 2.24) is 5.32 Å². The van der Waals surface area contributed by atoms with Gasteiger partial charge in [-0.25, -0.2) is 0 Å². The van der Waals surface area contributed by atoms with Crippen LogP contribution in [0.5, 0.6) is 17.2 Å². The summed E-state index contributed by atoms with van der Waals surface area (Å²) >= 11 is 5.90. The van der Waals surface area contributed by atoms with Crippen LogP contribution in [-0.4, -0.2) is 33.3 Å². The number of hydrogen-bond donors (Lipinski definition) is 1. The summed E-state index contributed by atoms with van der Waals surface area (Å²) in [5, 5.41) is 3.47. The monoisotopic (exact) mass is 349 g/mol. The number of benzene rings is 2. The number of ether oxygens (including phenoxy) is 3. The van der Waals surface area contributed by atoms with Crippen LogP contribution in [0, 0.1) is 6.92 Å². The van der Waals surface area contributed by atoms with E-state index in [0.29, 0.717) is 35.2 Å². The minimum atomic E-state index is -0.219. The molecule has 0 saturated heterocycles. The summed E-state index contributed by atoms with van der Waals surface area (Å²) in [6, 6.07) is 10.4. The highest BCUT2D eigenvalue weighted by Gasteiger charge is 2.09. The number of methoxy groups -OCH3 is 2. The van der Waals surface area contributed by atoms with Gasteiger partial charge in [-0.3, -0.25) is 4.79 Å². The van der Waals surface area contributed by atoms with Crippen LogP contribution in [0.25, 0.3) is 0 Å². The van der Waals surface area contributed by atoms with Crippen molar-refractivity contribution < 1.29 is 19.0 Å². The van der Waals surface area contributed by atoms with Gasteiger partial charge in [0.05, 0.1) is 20.8 Å². The fourth-order valence-corrected chi connectivity index (χ4v) is 2.37. The number of aryl methyl sites for hydroxylation is 1. The number of rotatable bonds is 7. The van der Waals surface area contributed by atoms with E-state index >= 15 is 0 Å². The predicted octanol–water partition coefficient (Wildman–Crippen LogP) is 3.47. The second-order valence-electron chi connectivity index (χ2n) is 5.12. The first kappa shape index (κ1) is 17.9. The summed E-state index contributed by atoms with van der Waals surface area (Å²) in [5.74, 6) is 1.65. The number of hydrogen-bond acceptors (Lipinski definition) is 4. The minimum Gasteiger partial charge on any atom is -0.497 e. The molecule has 1 amide bonds. The zero-order valence-electron chi connectivity index (χ0n) is 13.9. The van der Waals surface area contributed by atoms with E-state index < -0.39 is 0 Å². The molecule has 5 nitrogen and oxygen atoms in total. The Labute approximate surface area is 146 Å². The molecule has 0 atom stereocenters. The van der Waals surface area contributed by atoms with Gasteiger partial charge in [0.25, 0.3) is 5.91 Å². The molecular weight excluding hydrogens is 330 g/mol. The van der Waals surface area contributed by atoms with E-state index in [0.717, 1.165) is 11.3 Å². The zero-order chi connectivity index (χ0) is 17.5. The van der Waals surface area contributed by atoms with E-state index in [1.54, 1.807) is 38.5 Å². The first-order chi connectivity index (χ1) is 11.5. The lowest BCUT2D eigenvalue weighted by Crippen LogP contribution is -2.28. The van der Waals surface area contributed by atoms with Crippen molar-refractivity contribution in [3.63, 3.8) is 0 Å². The summed E-state index contributed by atoms with van der Waals surface area (Å²) in [7, 11) is 3.08. The van der Waals surface area contributed by atoms with Crippen molar-refractivity contribution in [2.45, 2.75) is 6.92 Å². The molecule has 2 aromatic carbocycles. The molecule has 0 heterocycles. The van der Waals surface area contributed by atoms with Crippen molar-refractivity contribution >= 4 is 17.5 Å². The second-order valence-corrected chi connectivity index (χ2v) is 5.55. The molecule has 0 unspecified atom stereocenters. The highest BCUT2D eigenvalue weighted by molar-refractivity contribution is 6.30. The van der Waals surface area contributed by atoms with Crippen molar-refractivity contribution in [2.24, 2.45) is 0 Å². The Bertz CT molecular complexity index is 696. The Morgan fingerprint density at radius 2 is 1.75 bits per heavy atom. The molecule has 24 heavy (non-hydrogen) atoms. The molecule has 2 rings (SSSR count). The Kier molecular flexibility index (Phi) is 6.32. The first-order valence-corrected chi connectivity index (χ1v) is 7.81. The highest BCUT2D eigenvalue weighted by Crippen LogP contribution is 2.23. The summed E-state index contributed by atoms with van der Waals surface area (Å²) in [6.07, 6.45) is 0. The molecule has 128 valence electrons. The molecule has 0 bridgehead atoms. The van der Waals surface area contributed by atoms with E-state index in [2.05, 4.69) is 5.32 Å². The van der Waals surface area contributed by atoms with Crippen LogP contribution >= 0.6 is 11.6 Å². The number of carbonyl (C=O) groups excluding carboxylic acids is 1. The fourth-order valence-electron chi connectivity index (χ4n) is 2.14. The van der Waals surface area contributed by atoms with Gasteiger partial charge in [0.1, 0.15) is 23.9 Å². The van der Waals surface area contributed by atoms with Crippen LogP contribution in [-0.2, 0) is 0 Å². The van der Waals surface area contributed by atoms with Crippen LogP contribution in [0.2, 0.25) is 5.02 Å². The third-order valence-electron chi connectivity index (χ3n) is 3.40. The summed E-state index contributed by atoms with van der Waals surface area (Å²) < 4.78 is 16.0. The number of nitrogens with one attached hydrogen (secondary N) is 1. The smallest absolute Gasteiger partial charge is 0.251 e. The van der Waals surface area contributed by atoms with Gasteiger partial charge in [0.15, 0.2) is 0 Å². The maximum absolute atomic E-state index is 12.2. The number of halogens is 1. The lowest BCUT2D eigenvalue weighted by molar-refractivity contribution is 0.0946. The Morgan fingerprint density at radius 3 is 2.33 bits per heavy atom. The molecule has 0 spiro atoms. The quantitative estimate of drug-likeness (QED) is 0.777. The van der Waals surface area contributed by atoms with Crippen molar-refractivity contribution in [3.05, 3.63) is 52.5 Å². The van der Waals surface area contributed by atoms with E-state index in [-0.39, 0.29) is 5.91 Å². The number of carbonyl (C=O) groups is 1. The number of amides is 1. The van der Waals surface area contributed by atoms with Gasteiger partial charge >= 0.3 is 0 Å². The average Bonchev–Trinajstić information content (AvgIpc) is 2.59. The van der Waals surface area contributed by atoms with Gasteiger partial charge in [0, 0.05) is 16.7 Å². The van der Waals surface area contributed by atoms with E-state index in [4.69, 9.17) is 25.8 Å². The van der Waals surface area contributed by atoms with Crippen LogP contribution in [0.15, 0.2) is 36.4 Å². The van der Waals surface area contributed by atoms with E-state index in [1.807, 2.05) is 19.1 Å². The molecular formula is C18H20ClNO4. The minimum absolute atomic E-state index is 0.219. The molecule has 1 N–H and O–H groups in total. The molecule has 0 aliphatic rings. The molecule has 0 aromatic heterocycles. The lowest BCUT2D eigenvalue weighted by atomic mass is 10.2. The van der Waals surface area contributed by atoms with Gasteiger partial charge < -0.3 is 19.5 Å². The summed E-state index contributed by atoms with van der Waals surface area (Å²) in [5.41, 5.74) is 1.42. The van der Waals surface area contributed by atoms with Crippen LogP contribution in [0.4, 0.5) is 0 Å². The maximum Gasteiger partial charge on any atom is 0.251 e. The third-order valence-corrected chi connectivity index (χ3v) is 3.63. The fraction of sp³-hybridized carbons (Fsp3) is 0.278. The van der Waals surface area contributed by atoms with Gasteiger partial charge in [-0.05, 0) is 42.8 Å². The molecule has 0 aliphatic heterocycles. The molecule has 0 radical (unpaired) electrons. The molecule has 6 heteroatoms. The topological polar surface area (TPSA) is 56.8 Å². The molecule has 0 aliphatic carbocycles. The van der Waals surface area contributed by atoms with E-state index in [1.165, 1.54) is 0 Å². The maximum atomic E-state index is 12.2. The van der Waals surface area contributed by atoms with Crippen LogP contribution in [0.1, 0.15) is 15.9 Å². The van der Waals surface area contributed by atoms with Crippen LogP contribution < -0.4 is 19.5 Å². The largest absolute Gasteiger partial charge is 0.497 e. The lowest BCUT2D eigenvalue weighted by Gasteiger charge is -2.11. The van der Waals surface area contributed by atoms with Gasteiger partial charge in [0.2, 0.25) is 0 Å². The zero-order valence-corrected chi connectivity index (χ0v) is 14.6. The van der Waals surface area contributed by atoms with Gasteiger partial charge in [-0.1, -0.05) is 11.6 Å². The SMILES string of the molecule is COc1cc(OC)cc(C(=O)NCCOc2ccc(Cl)cc2C)c1. The van der Waals surface area contributed by atoms with Crippen molar-refractivity contribution in [3.8, 4) is 17.2 Å². The van der Waals surface area contributed by atoms with Crippen molar-refractivity contribution in [1.29, 1.82) is 0 Å². The van der Waals surface area contributed by atoms with Crippen molar-refractivity contribution in [2.75, 3.05) is 27.4 Å². The summed E-state index contributed by atoms with van der Waals surface area (Å²) in [6.45, 7) is 2.65. The Morgan fingerprint density at radius 1 is 1.08 bits per heavy atom. The van der Waals surface area contributed by atoms with Gasteiger partial charge in [-0.15, -0.1) is 0 Å². The third kappa shape index (κ3) is 4.80. The van der Waals surface area contributed by atoms with Crippen LogP contribution in [0.3, 0.4) is 0 Å². The Hall–Kier alpha value is -2.40. The Balaban J connectivity index is 1.89. The summed E-state index contributed by atoms with van der Waals surface area (Å²) in [4.78, 5) is 12.2. The predicted molar refractivity (Wildman–Crippen MR) is 93.6 cm³/mol. The molecule has 0 fully saturated rings. The normalized spacial score (nSPS) is 10.2. The molecule has 2 aromatic rings. The van der Waals surface area contributed by atoms with Gasteiger partial charge in [-0.2, -0.15) is 0 Å². The van der Waals surface area contributed by atoms with E-state index in [9.17, 15) is 4.79 Å². The average molecular weight is 350 g/mol. The second kappa shape index (κ2) is 8.45. The standard InChI is InChI=1S/C18H20ClNO4/c1-12-8-14(19)4-5-17(12)24-7-6-20-18(21)13-9-15(22-2)11-16(10-13)23-3/h4-5,8-11H,6-7H2,1-3H3,(H,20,21).